The average molecular weight is 427 g/mol. The van der Waals surface area contributed by atoms with Gasteiger partial charge in [0.25, 0.3) is 0 Å². The predicted molar refractivity (Wildman–Crippen MR) is 110 cm³/mol. The van der Waals surface area contributed by atoms with Gasteiger partial charge < -0.3 is 20.1 Å². The number of rotatable bonds is 11. The Kier molecular flexibility index (Phi) is 9.64. The standard InChI is InChI=1S/C22H28ClFO5/c23-15-6-5-7-17(12-15)29-14-16(24)10-11-19-18(20(25)13-21(19)26)8-3-1-2-4-9-22(27)28/h1,3,5-7,10-12,16,18-21,25-26H,2,4,8-9,13-14H2,(H,27,28)/t16-,18-,19-,20+,21-/m1/s1. The Hall–Kier alpha value is -1.89. The third-order valence-corrected chi connectivity index (χ3v) is 5.23. The highest BCUT2D eigenvalue weighted by molar-refractivity contribution is 6.30. The summed E-state index contributed by atoms with van der Waals surface area (Å²) in [4.78, 5) is 10.5. The molecule has 1 aromatic rings. The van der Waals surface area contributed by atoms with E-state index in [9.17, 15) is 19.4 Å². The number of alkyl halides is 1. The van der Waals surface area contributed by atoms with Crippen molar-refractivity contribution >= 4 is 17.6 Å². The van der Waals surface area contributed by atoms with E-state index in [1.807, 2.05) is 12.2 Å². The number of unbranched alkanes of at least 4 members (excludes halogenated alkanes) is 1. The van der Waals surface area contributed by atoms with E-state index in [2.05, 4.69) is 0 Å². The van der Waals surface area contributed by atoms with Crippen LogP contribution in [0.25, 0.3) is 0 Å². The fourth-order valence-corrected chi connectivity index (χ4v) is 3.67. The van der Waals surface area contributed by atoms with E-state index in [0.717, 1.165) is 0 Å². The molecule has 5 nitrogen and oxygen atoms in total. The van der Waals surface area contributed by atoms with Crippen LogP contribution in [-0.4, -0.2) is 46.3 Å². The smallest absolute Gasteiger partial charge is 0.303 e. The van der Waals surface area contributed by atoms with E-state index in [4.69, 9.17) is 21.4 Å². The molecule has 7 heteroatoms. The Morgan fingerprint density at radius 2 is 2.10 bits per heavy atom. The van der Waals surface area contributed by atoms with Gasteiger partial charge in [0, 0.05) is 23.8 Å². The van der Waals surface area contributed by atoms with Gasteiger partial charge >= 0.3 is 5.97 Å². The van der Waals surface area contributed by atoms with Crippen LogP contribution < -0.4 is 4.74 Å². The van der Waals surface area contributed by atoms with Crippen molar-refractivity contribution < 1.29 is 29.2 Å². The number of carboxylic acid groups (broad SMARTS) is 1. The number of hydrogen-bond acceptors (Lipinski definition) is 4. The molecule has 1 aliphatic carbocycles. The van der Waals surface area contributed by atoms with E-state index in [1.54, 1.807) is 30.3 Å². The minimum atomic E-state index is -1.36. The van der Waals surface area contributed by atoms with Crippen LogP contribution in [0.3, 0.4) is 0 Å². The molecule has 160 valence electrons. The van der Waals surface area contributed by atoms with Crippen LogP contribution in [0, 0.1) is 11.8 Å². The predicted octanol–water partition coefficient (Wildman–Crippen LogP) is 4.17. The number of ether oxygens (including phenoxy) is 1. The summed E-state index contributed by atoms with van der Waals surface area (Å²) < 4.78 is 19.6. The zero-order chi connectivity index (χ0) is 21.2. The van der Waals surface area contributed by atoms with E-state index in [0.29, 0.717) is 30.0 Å². The normalized spacial score (nSPS) is 25.7. The molecule has 0 amide bonds. The molecule has 0 bridgehead atoms. The van der Waals surface area contributed by atoms with E-state index in [-0.39, 0.29) is 31.3 Å². The molecule has 0 heterocycles. The van der Waals surface area contributed by atoms with Gasteiger partial charge in [-0.25, -0.2) is 4.39 Å². The number of allylic oxidation sites excluding steroid dienone is 2. The molecule has 0 radical (unpaired) electrons. The first-order chi connectivity index (χ1) is 13.9. The van der Waals surface area contributed by atoms with Crippen LogP contribution in [0.4, 0.5) is 4.39 Å². The highest BCUT2D eigenvalue weighted by Gasteiger charge is 2.39. The summed E-state index contributed by atoms with van der Waals surface area (Å²) in [5.41, 5.74) is 0. The highest BCUT2D eigenvalue weighted by Crippen LogP contribution is 2.36. The Morgan fingerprint density at radius 3 is 2.83 bits per heavy atom. The zero-order valence-corrected chi connectivity index (χ0v) is 16.9. The van der Waals surface area contributed by atoms with Gasteiger partial charge in [-0.05, 0) is 43.4 Å². The number of benzene rings is 1. The van der Waals surface area contributed by atoms with Crippen molar-refractivity contribution in [1.29, 1.82) is 0 Å². The molecular weight excluding hydrogens is 399 g/mol. The SMILES string of the molecule is O=C(O)CCCC=CC[C@@H]1[C@@H](C=C[C@@H](F)COc2cccc(Cl)c2)[C@H](O)C[C@@H]1O. The second kappa shape index (κ2) is 12.0. The Morgan fingerprint density at radius 1 is 1.31 bits per heavy atom. The van der Waals surface area contributed by atoms with Crippen LogP contribution >= 0.6 is 11.6 Å². The number of halogens is 2. The molecule has 0 saturated heterocycles. The van der Waals surface area contributed by atoms with E-state index >= 15 is 0 Å². The lowest BCUT2D eigenvalue weighted by atomic mass is 9.89. The van der Waals surface area contributed by atoms with Gasteiger partial charge in [0.05, 0.1) is 12.2 Å². The second-order valence-electron chi connectivity index (χ2n) is 7.27. The summed E-state index contributed by atoms with van der Waals surface area (Å²) in [6, 6.07) is 6.72. The monoisotopic (exact) mass is 426 g/mol. The first-order valence-corrected chi connectivity index (χ1v) is 10.2. The van der Waals surface area contributed by atoms with Gasteiger partial charge in [0.2, 0.25) is 0 Å². The molecular formula is C22H28ClFO5. The van der Waals surface area contributed by atoms with E-state index in [1.165, 1.54) is 6.08 Å². The lowest BCUT2D eigenvalue weighted by Gasteiger charge is -2.19. The van der Waals surface area contributed by atoms with Gasteiger partial charge in [-0.15, -0.1) is 0 Å². The fraction of sp³-hybridized carbons (Fsp3) is 0.500. The minimum Gasteiger partial charge on any atom is -0.490 e. The summed E-state index contributed by atoms with van der Waals surface area (Å²) in [6.07, 6.45) is 6.13. The third kappa shape index (κ3) is 8.17. The molecule has 2 rings (SSSR count). The van der Waals surface area contributed by atoms with Gasteiger partial charge in [-0.2, -0.15) is 0 Å². The Labute approximate surface area is 175 Å². The molecule has 1 fully saturated rings. The summed E-state index contributed by atoms with van der Waals surface area (Å²) in [7, 11) is 0. The van der Waals surface area contributed by atoms with Crippen molar-refractivity contribution in [2.75, 3.05) is 6.61 Å². The van der Waals surface area contributed by atoms with Crippen LogP contribution in [0.15, 0.2) is 48.6 Å². The van der Waals surface area contributed by atoms with Crippen LogP contribution in [-0.2, 0) is 4.79 Å². The van der Waals surface area contributed by atoms with Gasteiger partial charge in [-0.1, -0.05) is 42.0 Å². The molecule has 0 unspecified atom stereocenters. The lowest BCUT2D eigenvalue weighted by molar-refractivity contribution is -0.137. The molecule has 0 spiro atoms. The van der Waals surface area contributed by atoms with E-state index < -0.39 is 24.3 Å². The number of carbonyl (C=O) groups is 1. The molecule has 3 N–H and O–H groups in total. The number of aliphatic carboxylic acids is 1. The quantitative estimate of drug-likeness (QED) is 0.365. The maximum absolute atomic E-state index is 14.2. The summed E-state index contributed by atoms with van der Waals surface area (Å²) in [6.45, 7) is -0.170. The van der Waals surface area contributed by atoms with Crippen molar-refractivity contribution in [3.05, 3.63) is 53.6 Å². The Bertz CT molecular complexity index is 708. The van der Waals surface area contributed by atoms with Gasteiger partial charge in [0.15, 0.2) is 6.17 Å². The lowest BCUT2D eigenvalue weighted by Crippen LogP contribution is -2.20. The van der Waals surface area contributed by atoms with Crippen molar-refractivity contribution in [2.45, 2.75) is 50.5 Å². The van der Waals surface area contributed by atoms with Crippen molar-refractivity contribution in [1.82, 2.24) is 0 Å². The second-order valence-corrected chi connectivity index (χ2v) is 7.71. The summed E-state index contributed by atoms with van der Waals surface area (Å²) >= 11 is 5.87. The maximum atomic E-state index is 14.2. The molecule has 1 saturated carbocycles. The number of hydrogen-bond donors (Lipinski definition) is 3. The summed E-state index contributed by atoms with van der Waals surface area (Å²) in [5, 5.41) is 29.6. The first kappa shape index (κ1) is 23.4. The third-order valence-electron chi connectivity index (χ3n) is 5.00. The topological polar surface area (TPSA) is 87.0 Å². The van der Waals surface area contributed by atoms with Crippen molar-refractivity contribution in [3.8, 4) is 5.75 Å². The minimum absolute atomic E-state index is 0.121. The zero-order valence-electron chi connectivity index (χ0n) is 16.2. The maximum Gasteiger partial charge on any atom is 0.303 e. The Balaban J connectivity index is 1.83. The van der Waals surface area contributed by atoms with Crippen LogP contribution in [0.2, 0.25) is 5.02 Å². The molecule has 29 heavy (non-hydrogen) atoms. The largest absolute Gasteiger partial charge is 0.490 e. The molecule has 5 atom stereocenters. The van der Waals surface area contributed by atoms with Gasteiger partial charge in [-0.3, -0.25) is 4.79 Å². The average Bonchev–Trinajstić information content (AvgIpc) is 2.93. The van der Waals surface area contributed by atoms with Crippen LogP contribution in [0.5, 0.6) is 5.75 Å². The molecule has 1 aromatic carbocycles. The summed E-state index contributed by atoms with van der Waals surface area (Å²) in [5.74, 6) is -0.898. The van der Waals surface area contributed by atoms with Crippen LogP contribution in [0.1, 0.15) is 32.1 Å². The van der Waals surface area contributed by atoms with Gasteiger partial charge in [0.1, 0.15) is 12.4 Å². The fourth-order valence-electron chi connectivity index (χ4n) is 3.49. The number of carboxylic acids is 1. The number of aliphatic hydroxyl groups is 2. The molecule has 1 aliphatic rings. The van der Waals surface area contributed by atoms with Crippen molar-refractivity contribution in [3.63, 3.8) is 0 Å². The number of aliphatic hydroxyl groups excluding tert-OH is 2. The highest BCUT2D eigenvalue weighted by atomic mass is 35.5. The molecule has 0 aromatic heterocycles. The van der Waals surface area contributed by atoms with Crippen molar-refractivity contribution in [2.24, 2.45) is 11.8 Å². The molecule has 0 aliphatic heterocycles. The first-order valence-electron chi connectivity index (χ1n) is 9.80.